The molecule has 1 aliphatic rings. The molecule has 1 amide bonds. The van der Waals surface area contributed by atoms with Crippen LogP contribution in [0, 0.1) is 17.0 Å². The van der Waals surface area contributed by atoms with E-state index in [1.165, 1.54) is 29.3 Å². The van der Waals surface area contributed by atoms with Gasteiger partial charge in [-0.1, -0.05) is 36.4 Å². The summed E-state index contributed by atoms with van der Waals surface area (Å²) in [6, 6.07) is 17.4. The predicted molar refractivity (Wildman–Crippen MR) is 133 cm³/mol. The standard InChI is InChI=1S/C27H21N5O5/c1-17-22(15-29-31(17)20-9-3-2-4-10-20)25(33)23-24(19-8-5-11-21(13-19)32(36)37)30(27(35)26(23)34)16-18-7-6-12-28-14-18/h2-15,24,33H,16H2,1H3/b25-23-. The number of Topliss-reactive ketones (excluding diaryl/α,β-unsaturated/α-hetero) is 1. The van der Waals surface area contributed by atoms with Crippen molar-refractivity contribution < 1.29 is 19.6 Å². The number of amides is 1. The highest BCUT2D eigenvalue weighted by Gasteiger charge is 2.46. The molecule has 4 aromatic rings. The molecular weight excluding hydrogens is 474 g/mol. The summed E-state index contributed by atoms with van der Waals surface area (Å²) < 4.78 is 1.61. The number of nitrogens with zero attached hydrogens (tertiary/aromatic N) is 5. The summed E-state index contributed by atoms with van der Waals surface area (Å²) in [5.74, 6) is -2.11. The summed E-state index contributed by atoms with van der Waals surface area (Å²) in [6.45, 7) is 1.76. The largest absolute Gasteiger partial charge is 0.507 e. The Morgan fingerprint density at radius 1 is 1.05 bits per heavy atom. The molecule has 1 N–H and O–H groups in total. The highest BCUT2D eigenvalue weighted by molar-refractivity contribution is 6.46. The number of aliphatic hydroxyl groups is 1. The number of aliphatic hydroxyl groups excluding tert-OH is 1. The van der Waals surface area contributed by atoms with Crippen LogP contribution in [0.15, 0.2) is 90.9 Å². The molecule has 0 aliphatic carbocycles. The Bertz CT molecular complexity index is 1550. The van der Waals surface area contributed by atoms with E-state index >= 15 is 0 Å². The minimum atomic E-state index is -1.06. The van der Waals surface area contributed by atoms with Gasteiger partial charge >= 0.3 is 0 Å². The summed E-state index contributed by atoms with van der Waals surface area (Å²) >= 11 is 0. The maximum Gasteiger partial charge on any atom is 0.295 e. The van der Waals surface area contributed by atoms with Gasteiger partial charge < -0.3 is 10.0 Å². The average Bonchev–Trinajstić information content (AvgIpc) is 3.42. The lowest BCUT2D eigenvalue weighted by atomic mass is 9.95. The third kappa shape index (κ3) is 4.25. The lowest BCUT2D eigenvalue weighted by Gasteiger charge is -2.25. The minimum Gasteiger partial charge on any atom is -0.507 e. The van der Waals surface area contributed by atoms with Gasteiger partial charge in [-0.15, -0.1) is 0 Å². The molecule has 1 fully saturated rings. The van der Waals surface area contributed by atoms with Crippen molar-refractivity contribution >= 4 is 23.1 Å². The average molecular weight is 495 g/mol. The molecule has 0 saturated carbocycles. The molecule has 3 heterocycles. The fourth-order valence-electron chi connectivity index (χ4n) is 4.50. The molecule has 10 heteroatoms. The van der Waals surface area contributed by atoms with E-state index in [2.05, 4.69) is 10.1 Å². The zero-order valence-electron chi connectivity index (χ0n) is 19.7. The van der Waals surface area contributed by atoms with Gasteiger partial charge in [0.2, 0.25) is 0 Å². The van der Waals surface area contributed by atoms with Crippen molar-refractivity contribution in [1.82, 2.24) is 19.7 Å². The first-order valence-electron chi connectivity index (χ1n) is 11.4. The van der Waals surface area contributed by atoms with Gasteiger partial charge in [0, 0.05) is 31.1 Å². The number of carbonyl (C=O) groups excluding carboxylic acids is 2. The Labute approximate surface area is 211 Å². The van der Waals surface area contributed by atoms with E-state index < -0.39 is 28.4 Å². The quantitative estimate of drug-likeness (QED) is 0.140. The van der Waals surface area contributed by atoms with E-state index in [-0.39, 0.29) is 23.4 Å². The highest BCUT2D eigenvalue weighted by atomic mass is 16.6. The molecule has 184 valence electrons. The zero-order valence-corrected chi connectivity index (χ0v) is 19.7. The first kappa shape index (κ1) is 23.6. The van der Waals surface area contributed by atoms with Crippen molar-refractivity contribution in [2.75, 3.05) is 0 Å². The van der Waals surface area contributed by atoms with E-state index in [9.17, 15) is 24.8 Å². The van der Waals surface area contributed by atoms with Crippen LogP contribution in [0.3, 0.4) is 0 Å². The number of para-hydroxylation sites is 1. The van der Waals surface area contributed by atoms with Crippen molar-refractivity contribution in [3.8, 4) is 5.69 Å². The van der Waals surface area contributed by atoms with Gasteiger partial charge in [-0.25, -0.2) is 4.68 Å². The Morgan fingerprint density at radius 2 is 1.84 bits per heavy atom. The van der Waals surface area contributed by atoms with Crippen LogP contribution >= 0.6 is 0 Å². The second kappa shape index (κ2) is 9.50. The van der Waals surface area contributed by atoms with Gasteiger partial charge in [0.15, 0.2) is 0 Å². The first-order chi connectivity index (χ1) is 17.9. The van der Waals surface area contributed by atoms with Gasteiger partial charge in [-0.05, 0) is 36.2 Å². The summed E-state index contributed by atoms with van der Waals surface area (Å²) in [7, 11) is 0. The van der Waals surface area contributed by atoms with Crippen molar-refractivity contribution in [3.05, 3.63) is 123 Å². The maximum atomic E-state index is 13.3. The molecular formula is C27H21N5O5. The monoisotopic (exact) mass is 495 g/mol. The van der Waals surface area contributed by atoms with Crippen LogP contribution in [-0.2, 0) is 16.1 Å². The van der Waals surface area contributed by atoms with Crippen LogP contribution in [0.4, 0.5) is 5.69 Å². The lowest BCUT2D eigenvalue weighted by Crippen LogP contribution is -2.29. The second-order valence-electron chi connectivity index (χ2n) is 8.53. The zero-order chi connectivity index (χ0) is 26.1. The van der Waals surface area contributed by atoms with Crippen LogP contribution in [-0.4, -0.2) is 41.4 Å². The molecule has 1 atom stereocenters. The number of pyridine rings is 1. The van der Waals surface area contributed by atoms with Crippen molar-refractivity contribution in [1.29, 1.82) is 0 Å². The third-order valence-electron chi connectivity index (χ3n) is 6.28. The van der Waals surface area contributed by atoms with Crippen LogP contribution in [0.25, 0.3) is 11.4 Å². The number of nitro benzene ring substituents is 1. The third-order valence-corrected chi connectivity index (χ3v) is 6.28. The SMILES string of the molecule is Cc1c(/C(O)=C2/C(=O)C(=O)N(Cc3cccnc3)C2c2cccc([N+](=O)[O-])c2)cnn1-c1ccccc1. The molecule has 1 unspecified atom stereocenters. The molecule has 1 aliphatic heterocycles. The number of rotatable bonds is 6. The number of nitro groups is 1. The molecule has 0 radical (unpaired) electrons. The smallest absolute Gasteiger partial charge is 0.295 e. The predicted octanol–water partition coefficient (Wildman–Crippen LogP) is 4.11. The number of non-ortho nitro benzene ring substituents is 1. The maximum absolute atomic E-state index is 13.3. The molecule has 37 heavy (non-hydrogen) atoms. The molecule has 1 saturated heterocycles. The molecule has 5 rings (SSSR count). The van der Waals surface area contributed by atoms with Gasteiger partial charge in [-0.3, -0.25) is 24.7 Å². The van der Waals surface area contributed by atoms with Crippen LogP contribution in [0.1, 0.15) is 28.4 Å². The highest BCUT2D eigenvalue weighted by Crippen LogP contribution is 2.41. The molecule has 0 bridgehead atoms. The number of ketones is 1. The normalized spacial score (nSPS) is 16.8. The summed E-state index contributed by atoms with van der Waals surface area (Å²) in [5.41, 5.74) is 2.22. The van der Waals surface area contributed by atoms with Crippen molar-refractivity contribution in [2.24, 2.45) is 0 Å². The van der Waals surface area contributed by atoms with Gasteiger partial charge in [0.1, 0.15) is 5.76 Å². The number of likely N-dealkylation sites (tertiary alicyclic amines) is 1. The number of hydrogen-bond donors (Lipinski definition) is 1. The molecule has 2 aromatic carbocycles. The Morgan fingerprint density at radius 3 is 2.54 bits per heavy atom. The summed E-state index contributed by atoms with van der Waals surface area (Å²) in [6.07, 6.45) is 4.58. The summed E-state index contributed by atoms with van der Waals surface area (Å²) in [4.78, 5) is 42.8. The van der Waals surface area contributed by atoms with E-state index in [1.807, 2.05) is 30.3 Å². The Kier molecular flexibility index (Phi) is 6.06. The van der Waals surface area contributed by atoms with E-state index in [1.54, 1.807) is 42.2 Å². The molecule has 10 nitrogen and oxygen atoms in total. The summed E-state index contributed by atoms with van der Waals surface area (Å²) in [5, 5.41) is 27.2. The van der Waals surface area contributed by atoms with Crippen molar-refractivity contribution in [3.63, 3.8) is 0 Å². The molecule has 0 spiro atoms. The van der Waals surface area contributed by atoms with E-state index in [4.69, 9.17) is 0 Å². The Balaban J connectivity index is 1.67. The minimum absolute atomic E-state index is 0.0187. The van der Waals surface area contributed by atoms with Crippen molar-refractivity contribution in [2.45, 2.75) is 19.5 Å². The Hall–Kier alpha value is -5.12. The topological polar surface area (TPSA) is 131 Å². The van der Waals surface area contributed by atoms with E-state index in [0.29, 0.717) is 16.8 Å². The number of benzene rings is 2. The second-order valence-corrected chi connectivity index (χ2v) is 8.53. The van der Waals surface area contributed by atoms with Gasteiger partial charge in [-0.2, -0.15) is 5.10 Å². The van der Waals surface area contributed by atoms with Crippen LogP contribution in [0.2, 0.25) is 0 Å². The molecule has 2 aromatic heterocycles. The van der Waals surface area contributed by atoms with E-state index in [0.717, 1.165) is 5.69 Å². The number of carbonyl (C=O) groups is 2. The van der Waals surface area contributed by atoms with Gasteiger partial charge in [0.05, 0.1) is 39.7 Å². The van der Waals surface area contributed by atoms with Crippen LogP contribution in [0.5, 0.6) is 0 Å². The first-order valence-corrected chi connectivity index (χ1v) is 11.4. The van der Waals surface area contributed by atoms with Crippen LogP contribution < -0.4 is 0 Å². The van der Waals surface area contributed by atoms with Gasteiger partial charge in [0.25, 0.3) is 17.4 Å². The number of aromatic nitrogens is 3. The fourth-order valence-corrected chi connectivity index (χ4v) is 4.50. The number of hydrogen-bond acceptors (Lipinski definition) is 7. The lowest BCUT2D eigenvalue weighted by molar-refractivity contribution is -0.384. The fraction of sp³-hybridized carbons (Fsp3) is 0.111.